The van der Waals surface area contributed by atoms with Gasteiger partial charge in [-0.15, -0.1) is 0 Å². The van der Waals surface area contributed by atoms with E-state index < -0.39 is 10.0 Å². The zero-order valence-electron chi connectivity index (χ0n) is 16.2. The second-order valence-corrected chi connectivity index (χ2v) is 9.44. The zero-order valence-corrected chi connectivity index (χ0v) is 17.0. The van der Waals surface area contributed by atoms with Gasteiger partial charge in [-0.3, -0.25) is 4.79 Å². The number of fused-ring (bicyclic) bond motifs is 1. The first-order valence-corrected chi connectivity index (χ1v) is 11.0. The molecule has 6 heteroatoms. The minimum atomic E-state index is -3.54. The van der Waals surface area contributed by atoms with Crippen molar-refractivity contribution in [2.75, 3.05) is 13.1 Å². The molecule has 1 N–H and O–H groups in total. The predicted octanol–water partition coefficient (Wildman–Crippen LogP) is 4.44. The Morgan fingerprint density at radius 2 is 1.71 bits per heavy atom. The number of hydrogen-bond donors (Lipinski definition) is 1. The molecule has 2 aromatic carbocycles. The molecule has 0 radical (unpaired) electrons. The number of benzene rings is 2. The van der Waals surface area contributed by atoms with Crippen molar-refractivity contribution < 1.29 is 13.2 Å². The molecule has 0 aliphatic carbocycles. The highest BCUT2D eigenvalue weighted by molar-refractivity contribution is 7.89. The molecule has 4 rings (SSSR count). The normalized spacial score (nSPS) is 15.8. The summed E-state index contributed by atoms with van der Waals surface area (Å²) in [5.41, 5.74) is 5.22. The van der Waals surface area contributed by atoms with Gasteiger partial charge in [-0.25, -0.2) is 8.42 Å². The van der Waals surface area contributed by atoms with Gasteiger partial charge in [0.05, 0.1) is 10.6 Å². The number of nitrogens with zero attached hydrogens (tertiary/aromatic N) is 1. The molecule has 1 aromatic heterocycles. The number of aldehydes is 1. The van der Waals surface area contributed by atoms with Crippen LogP contribution in [0, 0.1) is 13.8 Å². The van der Waals surface area contributed by atoms with Crippen LogP contribution in [-0.2, 0) is 10.0 Å². The van der Waals surface area contributed by atoms with Crippen molar-refractivity contribution in [3.63, 3.8) is 0 Å². The van der Waals surface area contributed by atoms with Crippen molar-refractivity contribution in [1.29, 1.82) is 0 Å². The van der Waals surface area contributed by atoms with Gasteiger partial charge in [-0.05, 0) is 67.6 Å². The Morgan fingerprint density at radius 3 is 2.39 bits per heavy atom. The molecule has 0 spiro atoms. The van der Waals surface area contributed by atoms with E-state index in [0.29, 0.717) is 24.0 Å². The molecule has 3 aromatic rings. The highest BCUT2D eigenvalue weighted by Gasteiger charge is 2.26. The SMILES string of the molecule is Cc1ccc(-c2[nH]c3ccc(S(=O)(=O)N4CCCCC4)cc3c2C=O)cc1C. The molecule has 2 heterocycles. The molecule has 0 saturated carbocycles. The second-order valence-electron chi connectivity index (χ2n) is 7.50. The molecular formula is C22H24N2O3S. The van der Waals surface area contributed by atoms with Crippen molar-refractivity contribution in [2.45, 2.75) is 38.0 Å². The first-order chi connectivity index (χ1) is 13.4. The fraction of sp³-hybridized carbons (Fsp3) is 0.318. The van der Waals surface area contributed by atoms with Crippen molar-refractivity contribution in [3.8, 4) is 11.3 Å². The standard InChI is InChI=1S/C22H24N2O3S/c1-15-6-7-17(12-16(15)2)22-20(14-25)19-13-18(8-9-21(19)23-22)28(26,27)24-10-4-3-5-11-24/h6-9,12-14,23H,3-5,10-11H2,1-2H3. The van der Waals surface area contributed by atoms with E-state index in [4.69, 9.17) is 0 Å². The van der Waals surface area contributed by atoms with Gasteiger partial charge >= 0.3 is 0 Å². The number of carbonyl (C=O) groups is 1. The summed E-state index contributed by atoms with van der Waals surface area (Å²) in [6.45, 7) is 5.19. The van der Waals surface area contributed by atoms with Crippen molar-refractivity contribution >= 4 is 27.2 Å². The van der Waals surface area contributed by atoms with Crippen LogP contribution in [0.25, 0.3) is 22.2 Å². The lowest BCUT2D eigenvalue weighted by atomic mass is 10.0. The third kappa shape index (κ3) is 3.16. The topological polar surface area (TPSA) is 70.2 Å². The Morgan fingerprint density at radius 1 is 0.964 bits per heavy atom. The van der Waals surface area contributed by atoms with Crippen LogP contribution in [0.3, 0.4) is 0 Å². The van der Waals surface area contributed by atoms with Crippen LogP contribution in [0.4, 0.5) is 0 Å². The van der Waals surface area contributed by atoms with Gasteiger partial charge in [-0.1, -0.05) is 18.6 Å². The summed E-state index contributed by atoms with van der Waals surface area (Å²) in [5, 5.41) is 0.640. The summed E-state index contributed by atoms with van der Waals surface area (Å²) in [6, 6.07) is 11.1. The Kier molecular flexibility index (Phi) is 4.85. The molecule has 1 aliphatic rings. The number of hydrogen-bond acceptors (Lipinski definition) is 3. The maximum Gasteiger partial charge on any atom is 0.243 e. The molecule has 0 bridgehead atoms. The third-order valence-electron chi connectivity index (χ3n) is 5.68. The summed E-state index contributed by atoms with van der Waals surface area (Å²) in [5.74, 6) is 0. The highest BCUT2D eigenvalue weighted by Crippen LogP contribution is 2.32. The summed E-state index contributed by atoms with van der Waals surface area (Å²) >= 11 is 0. The first-order valence-electron chi connectivity index (χ1n) is 9.60. The van der Waals surface area contributed by atoms with E-state index in [9.17, 15) is 13.2 Å². The number of piperidine rings is 1. The van der Waals surface area contributed by atoms with E-state index in [1.54, 1.807) is 22.5 Å². The highest BCUT2D eigenvalue weighted by atomic mass is 32.2. The van der Waals surface area contributed by atoms with Crippen molar-refractivity contribution in [3.05, 3.63) is 53.1 Å². The molecule has 28 heavy (non-hydrogen) atoms. The average molecular weight is 397 g/mol. The zero-order chi connectivity index (χ0) is 19.9. The summed E-state index contributed by atoms with van der Waals surface area (Å²) in [4.78, 5) is 15.5. The summed E-state index contributed by atoms with van der Waals surface area (Å²) in [6.07, 6.45) is 3.66. The predicted molar refractivity (Wildman–Crippen MR) is 111 cm³/mol. The quantitative estimate of drug-likeness (QED) is 0.663. The number of sulfonamides is 1. The van der Waals surface area contributed by atoms with Gasteiger partial charge in [-0.2, -0.15) is 4.31 Å². The van der Waals surface area contributed by atoms with E-state index in [1.807, 2.05) is 32.0 Å². The Balaban J connectivity index is 1.84. The molecule has 1 fully saturated rings. The summed E-state index contributed by atoms with van der Waals surface area (Å²) < 4.78 is 27.6. The van der Waals surface area contributed by atoms with Gasteiger partial charge in [0.2, 0.25) is 10.0 Å². The van der Waals surface area contributed by atoms with Crippen LogP contribution in [0.2, 0.25) is 0 Å². The maximum absolute atomic E-state index is 13.0. The van der Waals surface area contributed by atoms with Crippen LogP contribution >= 0.6 is 0 Å². The second kappa shape index (κ2) is 7.18. The fourth-order valence-corrected chi connectivity index (χ4v) is 5.40. The molecule has 0 amide bonds. The molecular weight excluding hydrogens is 372 g/mol. The largest absolute Gasteiger partial charge is 0.354 e. The first kappa shape index (κ1) is 18.9. The van der Waals surface area contributed by atoms with Crippen LogP contribution in [0.15, 0.2) is 41.3 Å². The molecule has 146 valence electrons. The Bertz CT molecular complexity index is 1160. The van der Waals surface area contributed by atoms with Gasteiger partial charge in [0, 0.05) is 29.6 Å². The van der Waals surface area contributed by atoms with E-state index in [0.717, 1.165) is 47.9 Å². The number of aromatic amines is 1. The minimum absolute atomic E-state index is 0.246. The number of carbonyl (C=O) groups excluding carboxylic acids is 1. The Labute approximate surface area is 165 Å². The molecule has 0 atom stereocenters. The van der Waals surface area contributed by atoms with E-state index >= 15 is 0 Å². The lowest BCUT2D eigenvalue weighted by Gasteiger charge is -2.25. The van der Waals surface area contributed by atoms with Crippen molar-refractivity contribution in [2.24, 2.45) is 0 Å². The fourth-order valence-electron chi connectivity index (χ4n) is 3.85. The molecule has 0 unspecified atom stereocenters. The number of aromatic nitrogens is 1. The average Bonchev–Trinajstić information content (AvgIpc) is 3.08. The monoisotopic (exact) mass is 396 g/mol. The van der Waals surface area contributed by atoms with Crippen LogP contribution in [-0.4, -0.2) is 37.1 Å². The number of nitrogens with one attached hydrogen (secondary N) is 1. The smallest absolute Gasteiger partial charge is 0.243 e. The maximum atomic E-state index is 13.0. The van der Waals surface area contributed by atoms with E-state index in [2.05, 4.69) is 4.98 Å². The van der Waals surface area contributed by atoms with Gasteiger partial charge in [0.25, 0.3) is 0 Å². The molecule has 1 aliphatic heterocycles. The number of H-pyrrole nitrogens is 1. The minimum Gasteiger partial charge on any atom is -0.354 e. The number of rotatable bonds is 4. The summed E-state index contributed by atoms with van der Waals surface area (Å²) in [7, 11) is -3.54. The molecule has 5 nitrogen and oxygen atoms in total. The van der Waals surface area contributed by atoms with Gasteiger partial charge in [0.1, 0.15) is 0 Å². The van der Waals surface area contributed by atoms with E-state index in [1.165, 1.54) is 5.56 Å². The van der Waals surface area contributed by atoms with Crippen LogP contribution < -0.4 is 0 Å². The van der Waals surface area contributed by atoms with E-state index in [-0.39, 0.29) is 4.90 Å². The number of aryl methyl sites for hydroxylation is 2. The van der Waals surface area contributed by atoms with Gasteiger partial charge < -0.3 is 4.98 Å². The lowest BCUT2D eigenvalue weighted by molar-refractivity contribution is 0.112. The van der Waals surface area contributed by atoms with Crippen LogP contribution in [0.1, 0.15) is 40.7 Å². The lowest BCUT2D eigenvalue weighted by Crippen LogP contribution is -2.35. The molecule has 1 saturated heterocycles. The van der Waals surface area contributed by atoms with Gasteiger partial charge in [0.15, 0.2) is 6.29 Å². The van der Waals surface area contributed by atoms with Crippen LogP contribution in [0.5, 0.6) is 0 Å². The van der Waals surface area contributed by atoms with Crippen molar-refractivity contribution in [1.82, 2.24) is 9.29 Å². The Hall–Kier alpha value is -2.44. The third-order valence-corrected chi connectivity index (χ3v) is 7.57.